The molecule has 0 saturated heterocycles. The monoisotopic (exact) mass is 398 g/mol. The molecule has 5 aliphatic heterocycles. The second-order valence-corrected chi connectivity index (χ2v) is 7.76. The lowest BCUT2D eigenvalue weighted by atomic mass is 9.98. The fraction of sp³-hybridized carbons (Fsp3) is 0.0370. The molecule has 0 fully saturated rings. The van der Waals surface area contributed by atoms with Gasteiger partial charge in [0.1, 0.15) is 0 Å². The first-order valence-corrected chi connectivity index (χ1v) is 10.2. The van der Waals surface area contributed by atoms with Gasteiger partial charge < -0.3 is 0 Å². The Labute approximate surface area is 180 Å². The van der Waals surface area contributed by atoms with Gasteiger partial charge in [0, 0.05) is 5.57 Å². The maximum atomic E-state index is 4.91. The van der Waals surface area contributed by atoms with Gasteiger partial charge in [-0.25, -0.2) is 20.0 Å². The molecule has 0 unspecified atom stereocenters. The molecular weight excluding hydrogens is 380 g/mol. The largest absolute Gasteiger partial charge is 0.249 e. The van der Waals surface area contributed by atoms with E-state index >= 15 is 0 Å². The van der Waals surface area contributed by atoms with E-state index in [2.05, 4.69) is 42.3 Å². The van der Waals surface area contributed by atoms with Crippen LogP contribution in [0.5, 0.6) is 0 Å². The number of aliphatic imine (C=N–C) groups is 4. The molecular formula is C27H18N4. The molecule has 4 heteroatoms. The Balaban J connectivity index is 1.52. The Bertz CT molecular complexity index is 1410. The van der Waals surface area contributed by atoms with E-state index in [-0.39, 0.29) is 0 Å². The average molecular weight is 398 g/mol. The predicted molar refractivity (Wildman–Crippen MR) is 129 cm³/mol. The van der Waals surface area contributed by atoms with Crippen molar-refractivity contribution < 1.29 is 0 Å². The summed E-state index contributed by atoms with van der Waals surface area (Å²) >= 11 is 0. The van der Waals surface area contributed by atoms with E-state index in [9.17, 15) is 0 Å². The topological polar surface area (TPSA) is 49.4 Å². The van der Waals surface area contributed by atoms with Crippen molar-refractivity contribution in [2.75, 3.05) is 0 Å². The summed E-state index contributed by atoms with van der Waals surface area (Å²) in [4.78, 5) is 19.0. The molecule has 0 saturated carbocycles. The van der Waals surface area contributed by atoms with E-state index in [0.29, 0.717) is 0 Å². The van der Waals surface area contributed by atoms with Gasteiger partial charge in [0.05, 0.1) is 45.6 Å². The number of nitrogens with zero attached hydrogens (tertiary/aromatic N) is 4. The molecule has 5 aliphatic rings. The van der Waals surface area contributed by atoms with Crippen LogP contribution in [-0.2, 0) is 0 Å². The molecule has 0 radical (unpaired) electrons. The molecule has 31 heavy (non-hydrogen) atoms. The normalized spacial score (nSPS) is 20.5. The fourth-order valence-electron chi connectivity index (χ4n) is 3.99. The molecule has 6 rings (SSSR count). The molecule has 1 aromatic carbocycles. The lowest BCUT2D eigenvalue weighted by Crippen LogP contribution is -1.92. The summed E-state index contributed by atoms with van der Waals surface area (Å²) in [5.41, 5.74) is 10.6. The van der Waals surface area contributed by atoms with Crippen LogP contribution in [0.1, 0.15) is 11.1 Å². The van der Waals surface area contributed by atoms with Crippen LogP contribution in [-0.4, -0.2) is 22.8 Å². The minimum atomic E-state index is 0.880. The zero-order valence-corrected chi connectivity index (χ0v) is 16.9. The number of rotatable bonds is 1. The van der Waals surface area contributed by atoms with Crippen molar-refractivity contribution in [1.82, 2.24) is 0 Å². The van der Waals surface area contributed by atoms with Crippen LogP contribution in [0.2, 0.25) is 0 Å². The number of benzene rings is 1. The number of hydrogen-bond acceptors (Lipinski definition) is 4. The van der Waals surface area contributed by atoms with Crippen LogP contribution in [0, 0.1) is 6.92 Å². The highest BCUT2D eigenvalue weighted by Crippen LogP contribution is 2.32. The standard InChI is InChI=1S/C27H18N4/c1-17-4-2-3-5-25(17)26-15-24-14-22-9-8-20(29-22)12-18-6-7-19(28-18)13-21-10-11-23(30-21)16-27(26)31-24/h2-16H,1H3. The minimum absolute atomic E-state index is 0.880. The van der Waals surface area contributed by atoms with E-state index in [4.69, 9.17) is 15.0 Å². The molecule has 0 N–H and O–H groups in total. The van der Waals surface area contributed by atoms with Crippen molar-refractivity contribution in [3.63, 3.8) is 0 Å². The smallest absolute Gasteiger partial charge is 0.0737 e. The fourth-order valence-corrected chi connectivity index (χ4v) is 3.99. The molecule has 0 spiro atoms. The van der Waals surface area contributed by atoms with E-state index in [1.165, 1.54) is 11.1 Å². The highest BCUT2D eigenvalue weighted by atomic mass is 14.8. The third-order valence-electron chi connectivity index (χ3n) is 5.47. The zero-order valence-electron chi connectivity index (χ0n) is 16.9. The maximum absolute atomic E-state index is 4.91. The lowest BCUT2D eigenvalue weighted by Gasteiger charge is -2.07. The number of aryl methyl sites for hydroxylation is 1. The van der Waals surface area contributed by atoms with Gasteiger partial charge in [-0.05, 0) is 84.9 Å². The molecule has 5 heterocycles. The Morgan fingerprint density at radius 1 is 0.516 bits per heavy atom. The molecule has 146 valence electrons. The van der Waals surface area contributed by atoms with Gasteiger partial charge in [-0.1, -0.05) is 24.3 Å². The zero-order chi connectivity index (χ0) is 20.8. The molecule has 1 aromatic rings. The summed E-state index contributed by atoms with van der Waals surface area (Å²) < 4.78 is 0. The Morgan fingerprint density at radius 3 is 1.68 bits per heavy atom. The van der Waals surface area contributed by atoms with Gasteiger partial charge in [0.25, 0.3) is 0 Å². The maximum Gasteiger partial charge on any atom is 0.0737 e. The van der Waals surface area contributed by atoms with Crippen LogP contribution in [0.25, 0.3) is 5.57 Å². The van der Waals surface area contributed by atoms with Gasteiger partial charge in [-0.2, -0.15) is 0 Å². The summed E-state index contributed by atoms with van der Waals surface area (Å²) in [5, 5.41) is 0. The van der Waals surface area contributed by atoms with E-state index in [1.807, 2.05) is 60.8 Å². The number of hydrogen-bond donors (Lipinski definition) is 0. The Hall–Kier alpha value is -4.18. The Kier molecular flexibility index (Phi) is 3.96. The summed E-state index contributed by atoms with van der Waals surface area (Å²) in [6.07, 6.45) is 22.2. The summed E-state index contributed by atoms with van der Waals surface area (Å²) in [7, 11) is 0. The molecule has 0 amide bonds. The van der Waals surface area contributed by atoms with Crippen LogP contribution in [0.3, 0.4) is 0 Å². The lowest BCUT2D eigenvalue weighted by molar-refractivity contribution is 1.38. The number of fused-ring (bicyclic) bond motifs is 4. The highest BCUT2D eigenvalue weighted by Gasteiger charge is 2.19. The first kappa shape index (κ1) is 17.7. The second-order valence-electron chi connectivity index (χ2n) is 7.76. The highest BCUT2D eigenvalue weighted by molar-refractivity contribution is 6.19. The first-order chi connectivity index (χ1) is 15.2. The van der Waals surface area contributed by atoms with Gasteiger partial charge in [-0.3, -0.25) is 0 Å². The van der Waals surface area contributed by atoms with E-state index < -0.39 is 0 Å². The molecule has 4 nitrogen and oxygen atoms in total. The van der Waals surface area contributed by atoms with Gasteiger partial charge in [0.15, 0.2) is 0 Å². The van der Waals surface area contributed by atoms with Gasteiger partial charge >= 0.3 is 0 Å². The third kappa shape index (κ3) is 3.38. The second kappa shape index (κ2) is 6.96. The summed E-state index contributed by atoms with van der Waals surface area (Å²) in [5.74, 6) is 0. The van der Waals surface area contributed by atoms with Crippen LogP contribution >= 0.6 is 0 Å². The van der Waals surface area contributed by atoms with E-state index in [1.54, 1.807) is 0 Å². The first-order valence-electron chi connectivity index (χ1n) is 10.2. The van der Waals surface area contributed by atoms with Gasteiger partial charge in [0.2, 0.25) is 0 Å². The Morgan fingerprint density at radius 2 is 1.06 bits per heavy atom. The molecule has 8 bridgehead atoms. The van der Waals surface area contributed by atoms with Crippen molar-refractivity contribution in [2.45, 2.75) is 6.92 Å². The van der Waals surface area contributed by atoms with Crippen molar-refractivity contribution in [2.24, 2.45) is 20.0 Å². The van der Waals surface area contributed by atoms with Crippen LogP contribution < -0.4 is 0 Å². The van der Waals surface area contributed by atoms with Crippen LogP contribution in [0.15, 0.2) is 134 Å². The van der Waals surface area contributed by atoms with Crippen molar-refractivity contribution in [3.05, 3.63) is 125 Å². The van der Waals surface area contributed by atoms with Crippen molar-refractivity contribution in [3.8, 4) is 0 Å². The average Bonchev–Trinajstić information content (AvgIpc) is 3.53. The molecule has 0 aromatic heterocycles. The summed E-state index contributed by atoms with van der Waals surface area (Å²) in [6.45, 7) is 2.13. The van der Waals surface area contributed by atoms with E-state index in [0.717, 1.165) is 51.2 Å². The van der Waals surface area contributed by atoms with Crippen molar-refractivity contribution >= 4 is 28.4 Å². The minimum Gasteiger partial charge on any atom is -0.249 e. The SMILES string of the molecule is Cc1ccccc1C1=CC2=NC1=CC1=NC(=CC3=NC(=CC4=NC(=C2)C=C4)C=C3)C=C1. The quantitative estimate of drug-likeness (QED) is 0.607. The number of allylic oxidation sites excluding steroid dienone is 12. The van der Waals surface area contributed by atoms with Crippen LogP contribution in [0.4, 0.5) is 0 Å². The molecule has 0 atom stereocenters. The third-order valence-corrected chi connectivity index (χ3v) is 5.47. The van der Waals surface area contributed by atoms with Gasteiger partial charge in [-0.15, -0.1) is 0 Å². The van der Waals surface area contributed by atoms with Crippen molar-refractivity contribution in [1.29, 1.82) is 0 Å². The molecule has 0 aliphatic carbocycles. The summed E-state index contributed by atoms with van der Waals surface area (Å²) in [6, 6.07) is 8.39. The predicted octanol–water partition coefficient (Wildman–Crippen LogP) is 5.41.